The highest BCUT2D eigenvalue weighted by Crippen LogP contribution is 2.28. The number of halogens is 2. The number of nitro groups is 1. The molecule has 84 valence electrons. The molecule has 0 fully saturated rings. The van der Waals surface area contributed by atoms with Crippen LogP contribution in [0.25, 0.3) is 0 Å². The van der Waals surface area contributed by atoms with Crippen LogP contribution in [-0.2, 0) is 6.61 Å². The second-order valence-corrected chi connectivity index (χ2v) is 2.71. The van der Waals surface area contributed by atoms with Gasteiger partial charge in [0.15, 0.2) is 0 Å². The minimum Gasteiger partial charge on any atom is -0.391 e. The number of hydrogen-bond acceptors (Lipinski definition) is 5. The van der Waals surface area contributed by atoms with Crippen molar-refractivity contribution in [2.24, 2.45) is 0 Å². The maximum Gasteiger partial charge on any atom is 0.294 e. The van der Waals surface area contributed by atoms with Gasteiger partial charge < -0.3 is 5.11 Å². The molecule has 0 aliphatic carbocycles. The van der Waals surface area contributed by atoms with Crippen molar-refractivity contribution < 1.29 is 18.8 Å². The first kappa shape index (κ1) is 11.9. The van der Waals surface area contributed by atoms with Crippen LogP contribution in [-0.4, -0.2) is 15.0 Å². The summed E-state index contributed by atoms with van der Waals surface area (Å²) in [5.74, 6) is 0. The third-order valence-corrected chi connectivity index (χ3v) is 1.87. The first-order chi connectivity index (χ1) is 7.52. The van der Waals surface area contributed by atoms with Crippen LogP contribution < -0.4 is 0 Å². The van der Waals surface area contributed by atoms with Gasteiger partial charge in [0.2, 0.25) is 0 Å². The van der Waals surface area contributed by atoms with Gasteiger partial charge in [-0.3, -0.25) is 10.1 Å². The molecule has 1 aromatic rings. The topological polar surface area (TPSA) is 100 Å². The van der Waals surface area contributed by atoms with Crippen LogP contribution in [0, 0.1) is 21.4 Å². The second kappa shape index (κ2) is 4.59. The Kier molecular flexibility index (Phi) is 3.42. The number of aromatic nitrogens is 1. The number of alkyl halides is 2. The maximum absolute atomic E-state index is 12.4. The zero-order chi connectivity index (χ0) is 12.3. The molecular weight excluding hydrogens is 224 g/mol. The average molecular weight is 229 g/mol. The van der Waals surface area contributed by atoms with Crippen molar-refractivity contribution >= 4 is 5.69 Å². The van der Waals surface area contributed by atoms with Crippen LogP contribution >= 0.6 is 0 Å². The minimum atomic E-state index is -3.03. The van der Waals surface area contributed by atoms with Crippen LogP contribution in [0.2, 0.25) is 0 Å². The smallest absolute Gasteiger partial charge is 0.294 e. The maximum atomic E-state index is 12.4. The largest absolute Gasteiger partial charge is 0.391 e. The molecule has 0 spiro atoms. The molecule has 6 nitrogen and oxygen atoms in total. The molecule has 1 N–H and O–H groups in total. The molecule has 0 bridgehead atoms. The molecule has 0 amide bonds. The van der Waals surface area contributed by atoms with Gasteiger partial charge in [-0.1, -0.05) is 0 Å². The third-order valence-electron chi connectivity index (χ3n) is 1.87. The van der Waals surface area contributed by atoms with E-state index in [0.717, 1.165) is 0 Å². The Bertz CT molecular complexity index is 470. The molecule has 16 heavy (non-hydrogen) atoms. The molecule has 0 aliphatic rings. The molecule has 0 radical (unpaired) electrons. The van der Waals surface area contributed by atoms with E-state index in [1.807, 2.05) is 0 Å². The fraction of sp³-hybridized carbons (Fsp3) is 0.250. The average Bonchev–Trinajstić information content (AvgIpc) is 2.26. The van der Waals surface area contributed by atoms with Crippen LogP contribution in [0.15, 0.2) is 6.20 Å². The van der Waals surface area contributed by atoms with Crippen molar-refractivity contribution in [3.05, 3.63) is 33.1 Å². The summed E-state index contributed by atoms with van der Waals surface area (Å²) in [4.78, 5) is 12.7. The number of aliphatic hydroxyl groups is 1. The van der Waals surface area contributed by atoms with Crippen molar-refractivity contribution in [2.45, 2.75) is 13.0 Å². The van der Waals surface area contributed by atoms with Crippen molar-refractivity contribution in [1.82, 2.24) is 4.98 Å². The molecule has 8 heteroatoms. The monoisotopic (exact) mass is 229 g/mol. The molecule has 0 saturated heterocycles. The second-order valence-electron chi connectivity index (χ2n) is 2.71. The van der Waals surface area contributed by atoms with Crippen LogP contribution in [0.3, 0.4) is 0 Å². The van der Waals surface area contributed by atoms with E-state index >= 15 is 0 Å². The number of nitrogens with zero attached hydrogens (tertiary/aromatic N) is 3. The first-order valence-corrected chi connectivity index (χ1v) is 3.98. The van der Waals surface area contributed by atoms with E-state index in [9.17, 15) is 18.9 Å². The highest BCUT2D eigenvalue weighted by atomic mass is 19.3. The van der Waals surface area contributed by atoms with Gasteiger partial charge in [0.25, 0.3) is 12.1 Å². The molecule has 0 aliphatic heterocycles. The van der Waals surface area contributed by atoms with Gasteiger partial charge in [-0.2, -0.15) is 5.26 Å². The molecule has 0 saturated carbocycles. The van der Waals surface area contributed by atoms with Gasteiger partial charge in [-0.25, -0.2) is 13.8 Å². The molecular formula is C8H5F2N3O3. The predicted octanol–water partition coefficient (Wildman–Crippen LogP) is 1.29. The van der Waals surface area contributed by atoms with Crippen molar-refractivity contribution in [2.75, 3.05) is 0 Å². The predicted molar refractivity (Wildman–Crippen MR) is 46.5 cm³/mol. The van der Waals surface area contributed by atoms with Gasteiger partial charge in [0.05, 0.1) is 22.7 Å². The molecule has 0 unspecified atom stereocenters. The lowest BCUT2D eigenvalue weighted by Crippen LogP contribution is -2.05. The van der Waals surface area contributed by atoms with E-state index in [1.165, 1.54) is 6.07 Å². The van der Waals surface area contributed by atoms with E-state index in [0.29, 0.717) is 6.20 Å². The van der Waals surface area contributed by atoms with Crippen LogP contribution in [0.5, 0.6) is 0 Å². The Hall–Kier alpha value is -2.14. The number of aliphatic hydroxyl groups excluding tert-OH is 1. The summed E-state index contributed by atoms with van der Waals surface area (Å²) in [6.45, 7) is -0.874. The highest BCUT2D eigenvalue weighted by molar-refractivity contribution is 5.51. The minimum absolute atomic E-state index is 0.446. The Morgan fingerprint density at radius 2 is 2.31 bits per heavy atom. The zero-order valence-corrected chi connectivity index (χ0v) is 7.72. The Morgan fingerprint density at radius 1 is 1.69 bits per heavy atom. The summed E-state index contributed by atoms with van der Waals surface area (Å²) < 4.78 is 24.8. The lowest BCUT2D eigenvalue weighted by molar-refractivity contribution is -0.386. The van der Waals surface area contributed by atoms with E-state index in [-0.39, 0.29) is 0 Å². The standard InChI is InChI=1S/C8H5F2N3O3/c9-8(10)7-4(1-11)5(3-14)6(2-12-7)13(15)16/h2,8,14H,3H2. The summed E-state index contributed by atoms with van der Waals surface area (Å²) in [5.41, 5.74) is -2.61. The van der Waals surface area contributed by atoms with Crippen LogP contribution in [0.1, 0.15) is 23.2 Å². The number of rotatable bonds is 3. The number of pyridine rings is 1. The molecule has 1 heterocycles. The summed E-state index contributed by atoms with van der Waals surface area (Å²) >= 11 is 0. The summed E-state index contributed by atoms with van der Waals surface area (Å²) in [7, 11) is 0. The van der Waals surface area contributed by atoms with Gasteiger partial charge in [0.1, 0.15) is 18.0 Å². The lowest BCUT2D eigenvalue weighted by Gasteiger charge is -2.06. The first-order valence-electron chi connectivity index (χ1n) is 3.98. The lowest BCUT2D eigenvalue weighted by atomic mass is 10.1. The molecule has 1 aromatic heterocycles. The Morgan fingerprint density at radius 3 is 2.69 bits per heavy atom. The van der Waals surface area contributed by atoms with Crippen molar-refractivity contribution in [1.29, 1.82) is 5.26 Å². The van der Waals surface area contributed by atoms with Crippen molar-refractivity contribution in [3.8, 4) is 6.07 Å². The zero-order valence-electron chi connectivity index (χ0n) is 7.72. The summed E-state index contributed by atoms with van der Waals surface area (Å²) in [6, 6.07) is 1.38. The third kappa shape index (κ3) is 1.94. The van der Waals surface area contributed by atoms with Gasteiger partial charge in [-0.15, -0.1) is 0 Å². The Labute approximate surface area is 87.9 Å². The van der Waals surface area contributed by atoms with Crippen molar-refractivity contribution in [3.63, 3.8) is 0 Å². The highest BCUT2D eigenvalue weighted by Gasteiger charge is 2.25. The normalized spacial score (nSPS) is 10.2. The fourth-order valence-corrected chi connectivity index (χ4v) is 1.16. The SMILES string of the molecule is N#Cc1c(C(F)F)ncc([N+](=O)[O-])c1CO. The quantitative estimate of drug-likeness (QED) is 0.621. The van der Waals surface area contributed by atoms with Gasteiger partial charge in [0, 0.05) is 0 Å². The molecule has 1 rings (SSSR count). The fourth-order valence-electron chi connectivity index (χ4n) is 1.16. The molecule has 0 aromatic carbocycles. The van der Waals surface area contributed by atoms with Gasteiger partial charge in [-0.05, 0) is 0 Å². The van der Waals surface area contributed by atoms with E-state index in [1.54, 1.807) is 0 Å². The number of hydrogen-bond donors (Lipinski definition) is 1. The molecule has 0 atom stereocenters. The van der Waals surface area contributed by atoms with E-state index < -0.39 is 40.5 Å². The Balaban J connectivity index is 3.54. The van der Waals surface area contributed by atoms with E-state index in [2.05, 4.69) is 4.98 Å². The number of nitriles is 1. The van der Waals surface area contributed by atoms with Gasteiger partial charge >= 0.3 is 0 Å². The summed E-state index contributed by atoms with van der Waals surface area (Å²) in [5, 5.41) is 28.0. The van der Waals surface area contributed by atoms with Crippen LogP contribution in [0.4, 0.5) is 14.5 Å². The summed E-state index contributed by atoms with van der Waals surface area (Å²) in [6.07, 6.45) is -2.42. The van der Waals surface area contributed by atoms with E-state index in [4.69, 9.17) is 10.4 Å².